The van der Waals surface area contributed by atoms with Gasteiger partial charge in [0.2, 0.25) is 0 Å². The lowest BCUT2D eigenvalue weighted by molar-refractivity contribution is -0.132. The van der Waals surface area contributed by atoms with Crippen molar-refractivity contribution >= 4 is 17.4 Å². The summed E-state index contributed by atoms with van der Waals surface area (Å²) < 4.78 is 5.64. The highest BCUT2D eigenvalue weighted by Gasteiger charge is 2.48. The number of ether oxygens (including phenoxy) is 1. The molecule has 1 aromatic carbocycles. The molecule has 2 atom stereocenters. The first-order chi connectivity index (χ1) is 14.0. The number of carbonyl (C=O) groups excluding carboxylic acids is 2. The molecule has 4 rings (SSSR count). The Hall–Kier alpha value is -3.02. The van der Waals surface area contributed by atoms with Crippen molar-refractivity contribution in [1.82, 2.24) is 15.1 Å². The Balaban J connectivity index is 1.82. The fourth-order valence-electron chi connectivity index (χ4n) is 4.16. The van der Waals surface area contributed by atoms with E-state index in [0.29, 0.717) is 17.9 Å². The van der Waals surface area contributed by atoms with Gasteiger partial charge in [-0.3, -0.25) is 9.59 Å². The van der Waals surface area contributed by atoms with E-state index in [-0.39, 0.29) is 17.9 Å². The van der Waals surface area contributed by atoms with Crippen molar-refractivity contribution in [2.45, 2.75) is 26.3 Å². The van der Waals surface area contributed by atoms with E-state index < -0.39 is 5.41 Å². The average molecular weight is 393 g/mol. The third kappa shape index (κ3) is 3.12. The molecule has 0 bridgehead atoms. The highest BCUT2D eigenvalue weighted by molar-refractivity contribution is 5.98. The summed E-state index contributed by atoms with van der Waals surface area (Å²) in [6.07, 6.45) is 10.7. The van der Waals surface area contributed by atoms with E-state index >= 15 is 0 Å². The Kier molecular flexibility index (Phi) is 4.94. The van der Waals surface area contributed by atoms with Gasteiger partial charge in [0, 0.05) is 42.4 Å². The molecule has 6 nitrogen and oxygen atoms in total. The van der Waals surface area contributed by atoms with Crippen LogP contribution in [0.3, 0.4) is 0 Å². The number of methoxy groups -OCH3 is 1. The second kappa shape index (κ2) is 7.43. The maximum atomic E-state index is 13.0. The molecule has 1 N–H and O–H groups in total. The molecule has 0 aromatic heterocycles. The van der Waals surface area contributed by atoms with Gasteiger partial charge in [0.15, 0.2) is 0 Å². The van der Waals surface area contributed by atoms with Gasteiger partial charge in [-0.05, 0) is 50.2 Å². The molecule has 3 aliphatic rings. The fraction of sp³-hybridized carbons (Fsp3) is 0.391. The lowest BCUT2D eigenvalue weighted by Gasteiger charge is -2.40. The number of rotatable bonds is 5. The van der Waals surface area contributed by atoms with Crippen molar-refractivity contribution in [2.75, 3.05) is 26.7 Å². The number of hydrogen-bond donors (Lipinski definition) is 1. The normalized spacial score (nSPS) is 25.6. The Morgan fingerprint density at radius 1 is 1.38 bits per heavy atom. The van der Waals surface area contributed by atoms with Crippen LogP contribution in [0, 0.1) is 5.41 Å². The van der Waals surface area contributed by atoms with Crippen molar-refractivity contribution in [2.24, 2.45) is 5.41 Å². The van der Waals surface area contributed by atoms with Crippen molar-refractivity contribution in [3.05, 3.63) is 60.0 Å². The first-order valence-electron chi connectivity index (χ1n) is 10.0. The van der Waals surface area contributed by atoms with Crippen LogP contribution in [0.25, 0.3) is 5.57 Å². The Morgan fingerprint density at radius 3 is 2.83 bits per heavy atom. The minimum absolute atomic E-state index is 0.0335. The Labute approximate surface area is 171 Å². The number of nitrogens with one attached hydrogen (secondary N) is 1. The van der Waals surface area contributed by atoms with Crippen molar-refractivity contribution in [3.63, 3.8) is 0 Å². The predicted molar refractivity (Wildman–Crippen MR) is 112 cm³/mol. The van der Waals surface area contributed by atoms with E-state index in [4.69, 9.17) is 4.74 Å². The molecule has 2 unspecified atom stereocenters. The van der Waals surface area contributed by atoms with Gasteiger partial charge in [-0.15, -0.1) is 0 Å². The van der Waals surface area contributed by atoms with Gasteiger partial charge in [-0.25, -0.2) is 0 Å². The Morgan fingerprint density at radius 2 is 2.17 bits per heavy atom. The van der Waals surface area contributed by atoms with E-state index in [1.165, 1.54) is 0 Å². The summed E-state index contributed by atoms with van der Waals surface area (Å²) in [5.41, 5.74) is 1.93. The molecule has 1 aromatic rings. The molecule has 3 heterocycles. The van der Waals surface area contributed by atoms with Crippen LogP contribution in [0.4, 0.5) is 0 Å². The van der Waals surface area contributed by atoms with Crippen LogP contribution in [0.15, 0.2) is 48.8 Å². The molecular formula is C23H27N3O3. The number of likely N-dealkylation sites (tertiary alicyclic amines) is 1. The van der Waals surface area contributed by atoms with Crippen molar-refractivity contribution < 1.29 is 14.3 Å². The van der Waals surface area contributed by atoms with Crippen LogP contribution in [0.1, 0.15) is 36.2 Å². The summed E-state index contributed by atoms with van der Waals surface area (Å²) >= 11 is 0. The SMILES string of the molecule is C/C=C/CN1C=C(c2cc(C(=O)N3CCC3)ccc2OC)C2(C)C=CNC2C1=O. The molecule has 152 valence electrons. The third-order valence-corrected chi connectivity index (χ3v) is 6.11. The Bertz CT molecular complexity index is 929. The molecule has 0 aliphatic carbocycles. The highest BCUT2D eigenvalue weighted by Crippen LogP contribution is 2.48. The number of amides is 2. The third-order valence-electron chi connectivity index (χ3n) is 6.11. The molecule has 29 heavy (non-hydrogen) atoms. The zero-order valence-corrected chi connectivity index (χ0v) is 17.1. The molecule has 0 spiro atoms. The van der Waals surface area contributed by atoms with Crippen molar-refractivity contribution in [1.29, 1.82) is 0 Å². The topological polar surface area (TPSA) is 61.9 Å². The quantitative estimate of drug-likeness (QED) is 0.782. The molecule has 1 fully saturated rings. The van der Waals surface area contributed by atoms with Gasteiger partial charge in [0.25, 0.3) is 11.8 Å². The molecule has 2 amide bonds. The maximum Gasteiger partial charge on any atom is 0.253 e. The number of nitrogens with zero attached hydrogens (tertiary/aromatic N) is 2. The van der Waals surface area contributed by atoms with E-state index in [2.05, 4.69) is 5.32 Å². The molecule has 0 saturated carbocycles. The van der Waals surface area contributed by atoms with E-state index in [1.807, 2.05) is 67.6 Å². The van der Waals surface area contributed by atoms with Gasteiger partial charge in [-0.2, -0.15) is 0 Å². The molecule has 0 radical (unpaired) electrons. The number of fused-ring (bicyclic) bond motifs is 1. The van der Waals surface area contributed by atoms with Gasteiger partial charge < -0.3 is 19.9 Å². The molecule has 3 aliphatic heterocycles. The highest BCUT2D eigenvalue weighted by atomic mass is 16.5. The van der Waals surface area contributed by atoms with Crippen molar-refractivity contribution in [3.8, 4) is 5.75 Å². The fourth-order valence-corrected chi connectivity index (χ4v) is 4.16. The van der Waals surface area contributed by atoms with Gasteiger partial charge in [-0.1, -0.05) is 18.2 Å². The lowest BCUT2D eigenvalue weighted by Crippen LogP contribution is -2.52. The number of benzene rings is 1. The summed E-state index contributed by atoms with van der Waals surface area (Å²) in [7, 11) is 1.63. The summed E-state index contributed by atoms with van der Waals surface area (Å²) in [5.74, 6) is 0.767. The van der Waals surface area contributed by atoms with Crippen LogP contribution in [-0.4, -0.2) is 54.4 Å². The van der Waals surface area contributed by atoms with Crippen LogP contribution < -0.4 is 10.1 Å². The standard InChI is InChI=1S/C23H27N3O3/c1-4-5-11-26-15-18(23(2)9-10-24-20(23)22(26)28)17-14-16(7-8-19(17)29-3)21(27)25-12-6-13-25/h4-5,7-10,14-15,20,24H,6,11-13H2,1-3H3/b5-4+. The van der Waals surface area contributed by atoms with Crippen LogP contribution in [0.2, 0.25) is 0 Å². The number of allylic oxidation sites excluding steroid dienone is 1. The van der Waals surface area contributed by atoms with Crippen LogP contribution in [0.5, 0.6) is 5.75 Å². The zero-order valence-electron chi connectivity index (χ0n) is 17.1. The summed E-state index contributed by atoms with van der Waals surface area (Å²) in [6.45, 7) is 6.10. The summed E-state index contributed by atoms with van der Waals surface area (Å²) in [4.78, 5) is 29.4. The summed E-state index contributed by atoms with van der Waals surface area (Å²) in [6, 6.07) is 5.19. The minimum Gasteiger partial charge on any atom is -0.496 e. The van der Waals surface area contributed by atoms with Gasteiger partial charge >= 0.3 is 0 Å². The largest absolute Gasteiger partial charge is 0.496 e. The lowest BCUT2D eigenvalue weighted by atomic mass is 9.72. The van der Waals surface area contributed by atoms with Gasteiger partial charge in [0.1, 0.15) is 11.8 Å². The number of carbonyl (C=O) groups is 2. The molecule has 1 saturated heterocycles. The zero-order chi connectivity index (χ0) is 20.6. The van der Waals surface area contributed by atoms with Gasteiger partial charge in [0.05, 0.1) is 7.11 Å². The van der Waals surface area contributed by atoms with E-state index in [0.717, 1.165) is 30.6 Å². The predicted octanol–water partition coefficient (Wildman–Crippen LogP) is 2.79. The smallest absolute Gasteiger partial charge is 0.253 e. The van der Waals surface area contributed by atoms with Crippen LogP contribution >= 0.6 is 0 Å². The minimum atomic E-state index is -0.519. The molecular weight excluding hydrogens is 366 g/mol. The second-order valence-corrected chi connectivity index (χ2v) is 7.88. The first kappa shape index (κ1) is 19.3. The monoisotopic (exact) mass is 393 g/mol. The number of hydrogen-bond acceptors (Lipinski definition) is 4. The average Bonchev–Trinajstić information content (AvgIpc) is 3.08. The van der Waals surface area contributed by atoms with E-state index in [9.17, 15) is 9.59 Å². The van der Waals surface area contributed by atoms with Crippen LogP contribution in [-0.2, 0) is 4.79 Å². The maximum absolute atomic E-state index is 13.0. The molecule has 6 heteroatoms. The van der Waals surface area contributed by atoms with E-state index in [1.54, 1.807) is 12.0 Å². The first-order valence-corrected chi connectivity index (χ1v) is 10.0. The summed E-state index contributed by atoms with van der Waals surface area (Å²) in [5, 5.41) is 3.21. The second-order valence-electron chi connectivity index (χ2n) is 7.88.